The van der Waals surface area contributed by atoms with Gasteiger partial charge in [0.25, 0.3) is 0 Å². The SMILES string of the molecule is CCC(O)(CC)CNC(=O)C1COC(C)C1. The minimum atomic E-state index is -0.763. The van der Waals surface area contributed by atoms with Crippen molar-refractivity contribution in [3.8, 4) is 0 Å². The summed E-state index contributed by atoms with van der Waals surface area (Å²) < 4.78 is 5.35. The number of aliphatic hydroxyl groups is 1. The fourth-order valence-electron chi connectivity index (χ4n) is 1.90. The Morgan fingerprint density at radius 1 is 1.50 bits per heavy atom. The average molecular weight is 229 g/mol. The van der Waals surface area contributed by atoms with Crippen LogP contribution in [0.5, 0.6) is 0 Å². The van der Waals surface area contributed by atoms with Crippen molar-refractivity contribution in [1.82, 2.24) is 5.32 Å². The number of ether oxygens (including phenoxy) is 1. The molecular formula is C12H23NO3. The predicted molar refractivity (Wildman–Crippen MR) is 62.1 cm³/mol. The van der Waals surface area contributed by atoms with E-state index in [2.05, 4.69) is 5.32 Å². The van der Waals surface area contributed by atoms with Crippen molar-refractivity contribution in [1.29, 1.82) is 0 Å². The summed E-state index contributed by atoms with van der Waals surface area (Å²) in [6.45, 7) is 6.67. The zero-order valence-electron chi connectivity index (χ0n) is 10.5. The Labute approximate surface area is 97.4 Å². The van der Waals surface area contributed by atoms with E-state index in [-0.39, 0.29) is 17.9 Å². The van der Waals surface area contributed by atoms with Gasteiger partial charge in [0.15, 0.2) is 0 Å². The van der Waals surface area contributed by atoms with E-state index in [9.17, 15) is 9.90 Å². The molecule has 0 spiro atoms. The molecule has 1 amide bonds. The molecule has 16 heavy (non-hydrogen) atoms. The maximum Gasteiger partial charge on any atom is 0.225 e. The third-order valence-electron chi connectivity index (χ3n) is 3.48. The number of hydrogen-bond acceptors (Lipinski definition) is 3. The maximum absolute atomic E-state index is 11.8. The van der Waals surface area contributed by atoms with Gasteiger partial charge in [-0.15, -0.1) is 0 Å². The molecule has 1 aliphatic rings. The first-order valence-corrected chi connectivity index (χ1v) is 6.12. The number of carbonyl (C=O) groups is 1. The molecule has 2 atom stereocenters. The highest BCUT2D eigenvalue weighted by atomic mass is 16.5. The van der Waals surface area contributed by atoms with Crippen LogP contribution >= 0.6 is 0 Å². The largest absolute Gasteiger partial charge is 0.388 e. The molecule has 0 saturated carbocycles. The van der Waals surface area contributed by atoms with E-state index < -0.39 is 5.60 Å². The molecule has 2 unspecified atom stereocenters. The summed E-state index contributed by atoms with van der Waals surface area (Å²) in [7, 11) is 0. The van der Waals surface area contributed by atoms with Gasteiger partial charge < -0.3 is 15.2 Å². The summed E-state index contributed by atoms with van der Waals surface area (Å²) in [4.78, 5) is 11.8. The molecule has 1 rings (SSSR count). The molecule has 1 fully saturated rings. The van der Waals surface area contributed by atoms with Gasteiger partial charge in [-0.1, -0.05) is 13.8 Å². The molecule has 1 heterocycles. The van der Waals surface area contributed by atoms with Crippen molar-refractivity contribution < 1.29 is 14.6 Å². The average Bonchev–Trinajstić information content (AvgIpc) is 2.72. The quantitative estimate of drug-likeness (QED) is 0.741. The first-order chi connectivity index (χ1) is 7.50. The molecule has 0 aromatic rings. The van der Waals surface area contributed by atoms with Crippen LogP contribution in [0.15, 0.2) is 0 Å². The van der Waals surface area contributed by atoms with Crippen molar-refractivity contribution in [2.45, 2.75) is 51.7 Å². The van der Waals surface area contributed by atoms with E-state index in [1.165, 1.54) is 0 Å². The summed E-state index contributed by atoms with van der Waals surface area (Å²) in [6, 6.07) is 0. The minimum Gasteiger partial charge on any atom is -0.388 e. The lowest BCUT2D eigenvalue weighted by Gasteiger charge is -2.26. The van der Waals surface area contributed by atoms with Crippen LogP contribution < -0.4 is 5.32 Å². The number of carbonyl (C=O) groups excluding carboxylic acids is 1. The monoisotopic (exact) mass is 229 g/mol. The van der Waals surface area contributed by atoms with Gasteiger partial charge in [0, 0.05) is 6.54 Å². The van der Waals surface area contributed by atoms with Gasteiger partial charge in [-0.05, 0) is 26.2 Å². The maximum atomic E-state index is 11.8. The highest BCUT2D eigenvalue weighted by Crippen LogP contribution is 2.19. The van der Waals surface area contributed by atoms with Crippen molar-refractivity contribution in [3.05, 3.63) is 0 Å². The number of amides is 1. The molecule has 2 N–H and O–H groups in total. The Morgan fingerprint density at radius 3 is 2.56 bits per heavy atom. The van der Waals surface area contributed by atoms with Crippen LogP contribution in [0.1, 0.15) is 40.0 Å². The second kappa shape index (κ2) is 5.64. The highest BCUT2D eigenvalue weighted by molar-refractivity contribution is 5.79. The van der Waals surface area contributed by atoms with Gasteiger partial charge in [0.2, 0.25) is 5.91 Å². The molecular weight excluding hydrogens is 206 g/mol. The Balaban J connectivity index is 2.35. The second-order valence-electron chi connectivity index (χ2n) is 4.73. The van der Waals surface area contributed by atoms with Gasteiger partial charge >= 0.3 is 0 Å². The molecule has 0 aromatic heterocycles. The van der Waals surface area contributed by atoms with E-state index >= 15 is 0 Å². The van der Waals surface area contributed by atoms with E-state index in [1.54, 1.807) is 0 Å². The fraction of sp³-hybridized carbons (Fsp3) is 0.917. The molecule has 0 radical (unpaired) electrons. The molecule has 0 aliphatic carbocycles. The normalized spacial score (nSPS) is 25.8. The van der Waals surface area contributed by atoms with Crippen LogP contribution in [-0.4, -0.2) is 35.9 Å². The summed E-state index contributed by atoms with van der Waals surface area (Å²) in [5, 5.41) is 12.8. The number of rotatable bonds is 5. The van der Waals surface area contributed by atoms with E-state index in [4.69, 9.17) is 4.74 Å². The first-order valence-electron chi connectivity index (χ1n) is 6.12. The molecule has 4 heteroatoms. The van der Waals surface area contributed by atoms with Crippen molar-refractivity contribution >= 4 is 5.91 Å². The van der Waals surface area contributed by atoms with E-state index in [0.717, 1.165) is 6.42 Å². The third kappa shape index (κ3) is 3.46. The molecule has 94 valence electrons. The Kier molecular flexibility index (Phi) is 4.74. The molecule has 0 aromatic carbocycles. The summed E-state index contributed by atoms with van der Waals surface area (Å²) in [5.41, 5.74) is -0.763. The molecule has 0 bridgehead atoms. The number of nitrogens with one attached hydrogen (secondary N) is 1. The fourth-order valence-corrected chi connectivity index (χ4v) is 1.90. The van der Waals surface area contributed by atoms with Gasteiger partial charge in [0.1, 0.15) is 0 Å². The molecule has 1 saturated heterocycles. The lowest BCUT2D eigenvalue weighted by molar-refractivity contribution is -0.126. The van der Waals surface area contributed by atoms with Crippen molar-refractivity contribution in [2.75, 3.05) is 13.2 Å². The zero-order chi connectivity index (χ0) is 12.2. The zero-order valence-corrected chi connectivity index (χ0v) is 10.5. The standard InChI is InChI=1S/C12H23NO3/c1-4-12(15,5-2)8-13-11(14)10-6-9(3)16-7-10/h9-10,15H,4-8H2,1-3H3,(H,13,14). The van der Waals surface area contributed by atoms with Gasteiger partial charge in [-0.25, -0.2) is 0 Å². The third-order valence-corrected chi connectivity index (χ3v) is 3.48. The van der Waals surface area contributed by atoms with Crippen LogP contribution in [0.4, 0.5) is 0 Å². The van der Waals surface area contributed by atoms with Gasteiger partial charge in [-0.2, -0.15) is 0 Å². The van der Waals surface area contributed by atoms with Crippen LogP contribution in [0.25, 0.3) is 0 Å². The summed E-state index contributed by atoms with van der Waals surface area (Å²) in [6.07, 6.45) is 2.26. The van der Waals surface area contributed by atoms with E-state index in [0.29, 0.717) is 26.0 Å². The van der Waals surface area contributed by atoms with Crippen LogP contribution in [0.2, 0.25) is 0 Å². The second-order valence-corrected chi connectivity index (χ2v) is 4.73. The molecule has 1 aliphatic heterocycles. The molecule has 4 nitrogen and oxygen atoms in total. The number of hydrogen-bond donors (Lipinski definition) is 2. The smallest absolute Gasteiger partial charge is 0.225 e. The van der Waals surface area contributed by atoms with Crippen LogP contribution in [0, 0.1) is 5.92 Å². The topological polar surface area (TPSA) is 58.6 Å². The Bertz CT molecular complexity index is 238. The van der Waals surface area contributed by atoms with E-state index in [1.807, 2.05) is 20.8 Å². The summed E-state index contributed by atoms with van der Waals surface area (Å²) in [5.74, 6) is -0.0439. The summed E-state index contributed by atoms with van der Waals surface area (Å²) >= 11 is 0. The van der Waals surface area contributed by atoms with Crippen molar-refractivity contribution in [2.24, 2.45) is 5.92 Å². The van der Waals surface area contributed by atoms with Gasteiger partial charge in [0.05, 0.1) is 24.2 Å². The first kappa shape index (κ1) is 13.5. The highest BCUT2D eigenvalue weighted by Gasteiger charge is 2.30. The van der Waals surface area contributed by atoms with Crippen LogP contribution in [-0.2, 0) is 9.53 Å². The minimum absolute atomic E-state index is 0.00433. The lowest BCUT2D eigenvalue weighted by Crippen LogP contribution is -2.44. The predicted octanol–water partition coefficient (Wildman–Crippen LogP) is 1.08. The Hall–Kier alpha value is -0.610. The van der Waals surface area contributed by atoms with Crippen molar-refractivity contribution in [3.63, 3.8) is 0 Å². The van der Waals surface area contributed by atoms with Crippen LogP contribution in [0.3, 0.4) is 0 Å². The Morgan fingerprint density at radius 2 is 2.12 bits per heavy atom. The van der Waals surface area contributed by atoms with Gasteiger partial charge in [-0.3, -0.25) is 4.79 Å². The lowest BCUT2D eigenvalue weighted by atomic mass is 9.97.